The van der Waals surface area contributed by atoms with Gasteiger partial charge in [0.1, 0.15) is 6.23 Å². The minimum atomic E-state index is 0.0690. The lowest BCUT2D eigenvalue weighted by Gasteiger charge is -2.00. The first-order valence-corrected chi connectivity index (χ1v) is 6.25. The van der Waals surface area contributed by atoms with Gasteiger partial charge in [0, 0.05) is 0 Å². The van der Waals surface area contributed by atoms with Crippen molar-refractivity contribution in [1.29, 1.82) is 0 Å². The quantitative estimate of drug-likeness (QED) is 0.457. The first kappa shape index (κ1) is 12.0. The van der Waals surface area contributed by atoms with Crippen LogP contribution in [0, 0.1) is 0 Å². The molecule has 84 valence electrons. The fourth-order valence-electron chi connectivity index (χ4n) is 1.87. The van der Waals surface area contributed by atoms with E-state index in [2.05, 4.69) is 6.92 Å². The van der Waals surface area contributed by atoms with Crippen LogP contribution in [0.15, 0.2) is 0 Å². The fraction of sp³-hybridized carbons (Fsp3) is 1.00. The van der Waals surface area contributed by atoms with E-state index >= 15 is 0 Å². The van der Waals surface area contributed by atoms with Gasteiger partial charge in [-0.05, 0) is 6.42 Å². The molecule has 0 aliphatic carbocycles. The van der Waals surface area contributed by atoms with Crippen molar-refractivity contribution >= 4 is 0 Å². The Kier molecular flexibility index (Phi) is 6.20. The maximum atomic E-state index is 5.54. The van der Waals surface area contributed by atoms with Crippen LogP contribution in [0.4, 0.5) is 0 Å². The van der Waals surface area contributed by atoms with Gasteiger partial charge in [-0.15, -0.1) is 0 Å². The number of hydrogen-bond acceptors (Lipinski definition) is 2. The van der Waals surface area contributed by atoms with Gasteiger partial charge in [-0.1, -0.05) is 58.3 Å². The summed E-state index contributed by atoms with van der Waals surface area (Å²) in [6.45, 7) is 2.26. The molecule has 0 saturated carbocycles. The van der Waals surface area contributed by atoms with E-state index in [1.165, 1.54) is 57.8 Å². The van der Waals surface area contributed by atoms with E-state index in [1.807, 2.05) is 0 Å². The monoisotopic (exact) mass is 199 g/mol. The summed E-state index contributed by atoms with van der Waals surface area (Å²) in [6, 6.07) is 0. The van der Waals surface area contributed by atoms with Gasteiger partial charge in [0.05, 0.1) is 6.10 Å². The average Bonchev–Trinajstić information content (AvgIpc) is 2.87. The standard InChI is InChI=1S/C12H25NO/c1-2-3-4-5-6-7-8-9-10-11-12(13)14-11/h11-12H,2-10,13H2,1H3. The second-order valence-electron chi connectivity index (χ2n) is 4.40. The molecule has 2 unspecified atom stereocenters. The summed E-state index contributed by atoms with van der Waals surface area (Å²) in [5.74, 6) is 0. The van der Waals surface area contributed by atoms with Gasteiger partial charge in [0.25, 0.3) is 0 Å². The smallest absolute Gasteiger partial charge is 0.132 e. The number of ether oxygens (including phenoxy) is 1. The molecule has 0 spiro atoms. The minimum Gasteiger partial charge on any atom is -0.353 e. The zero-order valence-corrected chi connectivity index (χ0v) is 9.50. The molecule has 0 aromatic rings. The number of rotatable bonds is 9. The summed E-state index contributed by atoms with van der Waals surface area (Å²) in [6.07, 6.45) is 12.7. The lowest BCUT2D eigenvalue weighted by atomic mass is 10.1. The van der Waals surface area contributed by atoms with Crippen molar-refractivity contribution < 1.29 is 4.74 Å². The summed E-state index contributed by atoms with van der Waals surface area (Å²) in [5.41, 5.74) is 5.54. The normalized spacial score (nSPS) is 25.3. The Hall–Kier alpha value is -0.0800. The van der Waals surface area contributed by atoms with Crippen LogP contribution in [-0.2, 0) is 4.74 Å². The van der Waals surface area contributed by atoms with Crippen LogP contribution >= 0.6 is 0 Å². The van der Waals surface area contributed by atoms with Crippen molar-refractivity contribution in [3.8, 4) is 0 Å². The molecule has 2 nitrogen and oxygen atoms in total. The zero-order valence-electron chi connectivity index (χ0n) is 9.50. The molecule has 0 bridgehead atoms. The van der Waals surface area contributed by atoms with Crippen LogP contribution in [0.3, 0.4) is 0 Å². The van der Waals surface area contributed by atoms with E-state index in [0.29, 0.717) is 6.10 Å². The zero-order chi connectivity index (χ0) is 10.2. The molecular formula is C12H25NO. The lowest BCUT2D eigenvalue weighted by molar-refractivity contribution is 0.360. The molecule has 2 atom stereocenters. The topological polar surface area (TPSA) is 38.5 Å². The van der Waals surface area contributed by atoms with E-state index in [9.17, 15) is 0 Å². The van der Waals surface area contributed by atoms with Gasteiger partial charge < -0.3 is 10.5 Å². The Labute approximate surface area is 88.2 Å². The highest BCUT2D eigenvalue weighted by molar-refractivity contribution is 4.78. The van der Waals surface area contributed by atoms with Crippen LogP contribution in [-0.4, -0.2) is 12.3 Å². The molecule has 0 radical (unpaired) electrons. The van der Waals surface area contributed by atoms with Crippen LogP contribution in [0.1, 0.15) is 64.7 Å². The predicted octanol–water partition coefficient (Wildman–Crippen LogP) is 3.20. The van der Waals surface area contributed by atoms with Crippen molar-refractivity contribution in [2.24, 2.45) is 5.73 Å². The maximum Gasteiger partial charge on any atom is 0.132 e. The van der Waals surface area contributed by atoms with E-state index in [1.54, 1.807) is 0 Å². The summed E-state index contributed by atoms with van der Waals surface area (Å²) in [5, 5.41) is 0. The molecule has 1 saturated heterocycles. The minimum absolute atomic E-state index is 0.0690. The van der Waals surface area contributed by atoms with Gasteiger partial charge in [-0.3, -0.25) is 0 Å². The summed E-state index contributed by atoms with van der Waals surface area (Å²) < 4.78 is 5.15. The molecule has 1 aliphatic heterocycles. The van der Waals surface area contributed by atoms with Crippen molar-refractivity contribution in [2.75, 3.05) is 0 Å². The highest BCUT2D eigenvalue weighted by Gasteiger charge is 2.33. The highest BCUT2D eigenvalue weighted by atomic mass is 16.6. The first-order valence-electron chi connectivity index (χ1n) is 6.25. The molecular weight excluding hydrogens is 174 g/mol. The van der Waals surface area contributed by atoms with E-state index < -0.39 is 0 Å². The second-order valence-corrected chi connectivity index (χ2v) is 4.40. The Morgan fingerprint density at radius 2 is 1.43 bits per heavy atom. The van der Waals surface area contributed by atoms with Crippen molar-refractivity contribution in [3.63, 3.8) is 0 Å². The van der Waals surface area contributed by atoms with Gasteiger partial charge in [-0.2, -0.15) is 0 Å². The van der Waals surface area contributed by atoms with E-state index in [4.69, 9.17) is 10.5 Å². The van der Waals surface area contributed by atoms with Crippen LogP contribution in [0.25, 0.3) is 0 Å². The molecule has 0 amide bonds. The summed E-state index contributed by atoms with van der Waals surface area (Å²) in [4.78, 5) is 0. The largest absolute Gasteiger partial charge is 0.353 e. The maximum absolute atomic E-state index is 5.54. The van der Waals surface area contributed by atoms with Crippen LogP contribution in [0.2, 0.25) is 0 Å². The Morgan fingerprint density at radius 3 is 1.93 bits per heavy atom. The van der Waals surface area contributed by atoms with Crippen molar-refractivity contribution in [1.82, 2.24) is 0 Å². The van der Waals surface area contributed by atoms with Gasteiger partial charge >= 0.3 is 0 Å². The number of epoxide rings is 1. The average molecular weight is 199 g/mol. The Bertz CT molecular complexity index is 138. The molecule has 2 heteroatoms. The SMILES string of the molecule is CCCCCCCCCCC1OC1N. The molecule has 1 aliphatic rings. The molecule has 1 rings (SSSR count). The van der Waals surface area contributed by atoms with Crippen molar-refractivity contribution in [3.05, 3.63) is 0 Å². The third kappa shape index (κ3) is 5.61. The molecule has 1 heterocycles. The molecule has 1 fully saturated rings. The van der Waals surface area contributed by atoms with E-state index in [-0.39, 0.29) is 6.23 Å². The summed E-state index contributed by atoms with van der Waals surface area (Å²) in [7, 11) is 0. The number of unbranched alkanes of at least 4 members (excludes halogenated alkanes) is 7. The van der Waals surface area contributed by atoms with E-state index in [0.717, 1.165) is 0 Å². The van der Waals surface area contributed by atoms with Gasteiger partial charge in [0.2, 0.25) is 0 Å². The predicted molar refractivity (Wildman–Crippen MR) is 60.1 cm³/mol. The van der Waals surface area contributed by atoms with Crippen LogP contribution < -0.4 is 5.73 Å². The molecule has 0 aromatic heterocycles. The number of nitrogens with two attached hydrogens (primary N) is 1. The highest BCUT2D eigenvalue weighted by Crippen LogP contribution is 2.23. The fourth-order valence-corrected chi connectivity index (χ4v) is 1.87. The third-order valence-corrected chi connectivity index (χ3v) is 2.96. The number of hydrogen-bond donors (Lipinski definition) is 1. The third-order valence-electron chi connectivity index (χ3n) is 2.96. The van der Waals surface area contributed by atoms with Gasteiger partial charge in [-0.25, -0.2) is 0 Å². The van der Waals surface area contributed by atoms with Crippen LogP contribution in [0.5, 0.6) is 0 Å². The molecule has 14 heavy (non-hydrogen) atoms. The lowest BCUT2D eigenvalue weighted by Crippen LogP contribution is -2.04. The van der Waals surface area contributed by atoms with Crippen molar-refractivity contribution in [2.45, 2.75) is 77.0 Å². The summed E-state index contributed by atoms with van der Waals surface area (Å²) >= 11 is 0. The molecule has 2 N–H and O–H groups in total. The Morgan fingerprint density at radius 1 is 0.929 bits per heavy atom. The second kappa shape index (κ2) is 7.24. The first-order chi connectivity index (χ1) is 6.84. The Balaban J connectivity index is 1.68. The molecule has 0 aromatic carbocycles. The van der Waals surface area contributed by atoms with Gasteiger partial charge in [0.15, 0.2) is 0 Å².